The average molecular weight is 412 g/mol. The minimum atomic E-state index is -0.533. The third kappa shape index (κ3) is 4.80. The molecular formula is C20H20N4O4S. The molecule has 3 aromatic rings. The van der Waals surface area contributed by atoms with E-state index in [1.807, 2.05) is 44.2 Å². The van der Waals surface area contributed by atoms with Gasteiger partial charge in [0.2, 0.25) is 11.8 Å². The standard InChI is InChI=1S/C20H20N4O4S/c1-3-23(4-2)19(25)17(14-9-6-5-7-10-14)29-20-22-21-18(28-20)15-11-8-12-16(13-15)24(26)27/h5-13,17H,3-4H2,1-2H3/t17-/m1/s1. The lowest BCUT2D eigenvalue weighted by molar-refractivity contribution is -0.384. The van der Waals surface area contributed by atoms with Crippen LogP contribution in [0, 0.1) is 10.1 Å². The topological polar surface area (TPSA) is 102 Å². The van der Waals surface area contributed by atoms with E-state index in [1.165, 1.54) is 23.9 Å². The van der Waals surface area contributed by atoms with Crippen LogP contribution in [-0.2, 0) is 4.79 Å². The Morgan fingerprint density at radius 2 is 1.86 bits per heavy atom. The molecule has 0 bridgehead atoms. The summed E-state index contributed by atoms with van der Waals surface area (Å²) in [4.78, 5) is 25.3. The molecule has 1 atom stereocenters. The van der Waals surface area contributed by atoms with Gasteiger partial charge in [-0.2, -0.15) is 0 Å². The second-order valence-electron chi connectivity index (χ2n) is 6.10. The Morgan fingerprint density at radius 3 is 2.52 bits per heavy atom. The Balaban J connectivity index is 1.88. The summed E-state index contributed by atoms with van der Waals surface area (Å²) in [6.45, 7) is 5.06. The number of nitro groups is 1. The first-order valence-electron chi connectivity index (χ1n) is 9.12. The summed E-state index contributed by atoms with van der Waals surface area (Å²) in [5, 5.41) is 18.7. The zero-order valence-electron chi connectivity index (χ0n) is 16.0. The second-order valence-corrected chi connectivity index (χ2v) is 7.16. The van der Waals surface area contributed by atoms with Gasteiger partial charge >= 0.3 is 0 Å². The third-order valence-electron chi connectivity index (χ3n) is 4.33. The first kappa shape index (κ1) is 20.5. The second kappa shape index (κ2) is 9.33. The van der Waals surface area contributed by atoms with Gasteiger partial charge in [0, 0.05) is 30.8 Å². The predicted octanol–water partition coefficient (Wildman–Crippen LogP) is 4.35. The van der Waals surface area contributed by atoms with Gasteiger partial charge in [-0.3, -0.25) is 14.9 Å². The van der Waals surface area contributed by atoms with E-state index in [4.69, 9.17) is 4.42 Å². The van der Waals surface area contributed by atoms with Crippen molar-refractivity contribution in [2.45, 2.75) is 24.3 Å². The number of likely N-dealkylation sites (N-methyl/N-ethyl adjacent to an activating group) is 1. The van der Waals surface area contributed by atoms with E-state index in [1.54, 1.807) is 17.0 Å². The van der Waals surface area contributed by atoms with Gasteiger partial charge in [0.25, 0.3) is 10.9 Å². The fourth-order valence-electron chi connectivity index (χ4n) is 2.82. The van der Waals surface area contributed by atoms with E-state index in [0.29, 0.717) is 18.7 Å². The summed E-state index contributed by atoms with van der Waals surface area (Å²) in [5.74, 6) is 0.125. The Labute approximate surface area is 172 Å². The van der Waals surface area contributed by atoms with Crippen LogP contribution >= 0.6 is 11.8 Å². The molecule has 0 saturated heterocycles. The number of rotatable bonds is 8. The Hall–Kier alpha value is -3.20. The SMILES string of the molecule is CCN(CC)C(=O)[C@H](Sc1nnc(-c2cccc([N+](=O)[O-])c2)o1)c1ccccc1. The van der Waals surface area contributed by atoms with Crippen molar-refractivity contribution >= 4 is 23.4 Å². The lowest BCUT2D eigenvalue weighted by atomic mass is 10.1. The number of non-ortho nitro benzene ring substituents is 1. The molecular weight excluding hydrogens is 392 g/mol. The highest BCUT2D eigenvalue weighted by atomic mass is 32.2. The van der Waals surface area contributed by atoms with Crippen LogP contribution in [0.25, 0.3) is 11.5 Å². The molecule has 0 spiro atoms. The summed E-state index contributed by atoms with van der Waals surface area (Å²) in [6, 6.07) is 15.4. The van der Waals surface area contributed by atoms with Crippen molar-refractivity contribution in [2.75, 3.05) is 13.1 Å². The molecule has 0 fully saturated rings. The van der Waals surface area contributed by atoms with Crippen molar-refractivity contribution in [3.05, 3.63) is 70.3 Å². The van der Waals surface area contributed by atoms with E-state index in [0.717, 1.165) is 5.56 Å². The summed E-state index contributed by atoms with van der Waals surface area (Å²) in [5.41, 5.74) is 1.23. The molecule has 0 unspecified atom stereocenters. The van der Waals surface area contributed by atoms with Gasteiger partial charge in [-0.1, -0.05) is 36.4 Å². The van der Waals surface area contributed by atoms with Crippen molar-refractivity contribution in [1.82, 2.24) is 15.1 Å². The molecule has 3 rings (SSSR count). The zero-order valence-corrected chi connectivity index (χ0v) is 16.8. The Kier molecular flexibility index (Phi) is 6.61. The minimum absolute atomic E-state index is 0.0405. The zero-order chi connectivity index (χ0) is 20.8. The smallest absolute Gasteiger partial charge is 0.277 e. The van der Waals surface area contributed by atoms with Gasteiger partial charge in [0.05, 0.1) is 4.92 Å². The molecule has 0 aliphatic rings. The van der Waals surface area contributed by atoms with Gasteiger partial charge < -0.3 is 9.32 Å². The van der Waals surface area contributed by atoms with Gasteiger partial charge in [-0.15, -0.1) is 10.2 Å². The molecule has 8 nitrogen and oxygen atoms in total. The monoisotopic (exact) mass is 412 g/mol. The molecule has 2 aromatic carbocycles. The number of carbonyl (C=O) groups excluding carboxylic acids is 1. The first-order valence-corrected chi connectivity index (χ1v) is 10.00. The number of benzene rings is 2. The molecule has 1 aromatic heterocycles. The maximum Gasteiger partial charge on any atom is 0.277 e. The van der Waals surface area contributed by atoms with Crippen molar-refractivity contribution in [2.24, 2.45) is 0 Å². The predicted molar refractivity (Wildman–Crippen MR) is 109 cm³/mol. The van der Waals surface area contributed by atoms with Crippen LogP contribution in [-0.4, -0.2) is 39.0 Å². The van der Waals surface area contributed by atoms with Gasteiger partial charge in [0.1, 0.15) is 5.25 Å². The normalized spacial score (nSPS) is 11.8. The van der Waals surface area contributed by atoms with E-state index in [9.17, 15) is 14.9 Å². The van der Waals surface area contributed by atoms with E-state index >= 15 is 0 Å². The number of thioether (sulfide) groups is 1. The van der Waals surface area contributed by atoms with Gasteiger partial charge in [0.15, 0.2) is 0 Å². The van der Waals surface area contributed by atoms with Crippen LogP contribution in [0.5, 0.6) is 0 Å². The Bertz CT molecular complexity index is 989. The number of hydrogen-bond donors (Lipinski definition) is 0. The molecule has 9 heteroatoms. The highest BCUT2D eigenvalue weighted by Crippen LogP contribution is 2.37. The molecule has 1 amide bonds. The molecule has 0 aliphatic carbocycles. The van der Waals surface area contributed by atoms with Crippen molar-refractivity contribution in [3.8, 4) is 11.5 Å². The molecule has 1 heterocycles. The highest BCUT2D eigenvalue weighted by Gasteiger charge is 2.28. The van der Waals surface area contributed by atoms with Crippen LogP contribution in [0.4, 0.5) is 5.69 Å². The summed E-state index contributed by atoms with van der Waals surface area (Å²) in [6.07, 6.45) is 0. The van der Waals surface area contributed by atoms with Gasteiger partial charge in [-0.25, -0.2) is 0 Å². The highest BCUT2D eigenvalue weighted by molar-refractivity contribution is 8.00. The van der Waals surface area contributed by atoms with E-state index in [-0.39, 0.29) is 22.7 Å². The van der Waals surface area contributed by atoms with E-state index < -0.39 is 10.2 Å². The van der Waals surface area contributed by atoms with Gasteiger partial charge in [-0.05, 0) is 37.2 Å². The largest absolute Gasteiger partial charge is 0.411 e. The maximum absolute atomic E-state index is 13.0. The summed E-state index contributed by atoms with van der Waals surface area (Å²) >= 11 is 1.17. The van der Waals surface area contributed by atoms with Crippen LogP contribution < -0.4 is 0 Å². The number of hydrogen-bond acceptors (Lipinski definition) is 7. The van der Waals surface area contributed by atoms with Crippen LogP contribution in [0.1, 0.15) is 24.7 Å². The molecule has 150 valence electrons. The number of nitro benzene ring substituents is 1. The van der Waals surface area contributed by atoms with Crippen molar-refractivity contribution in [3.63, 3.8) is 0 Å². The fraction of sp³-hybridized carbons (Fsp3) is 0.250. The van der Waals surface area contributed by atoms with Crippen molar-refractivity contribution in [1.29, 1.82) is 0 Å². The first-order chi connectivity index (χ1) is 14.0. The summed E-state index contributed by atoms with van der Waals surface area (Å²) in [7, 11) is 0. The Morgan fingerprint density at radius 1 is 1.14 bits per heavy atom. The lowest BCUT2D eigenvalue weighted by Crippen LogP contribution is -2.33. The summed E-state index contributed by atoms with van der Waals surface area (Å²) < 4.78 is 5.70. The van der Waals surface area contributed by atoms with Crippen LogP contribution in [0.2, 0.25) is 0 Å². The number of amides is 1. The van der Waals surface area contributed by atoms with Crippen LogP contribution in [0.15, 0.2) is 64.2 Å². The van der Waals surface area contributed by atoms with E-state index in [2.05, 4.69) is 10.2 Å². The quantitative estimate of drug-likeness (QED) is 0.308. The molecule has 0 radical (unpaired) electrons. The third-order valence-corrected chi connectivity index (χ3v) is 5.41. The molecule has 0 aliphatic heterocycles. The van der Waals surface area contributed by atoms with Crippen LogP contribution in [0.3, 0.4) is 0 Å². The number of aromatic nitrogens is 2. The molecule has 0 saturated carbocycles. The fourth-order valence-corrected chi connectivity index (χ4v) is 3.78. The lowest BCUT2D eigenvalue weighted by Gasteiger charge is -2.24. The maximum atomic E-state index is 13.0. The molecule has 29 heavy (non-hydrogen) atoms. The average Bonchev–Trinajstić information content (AvgIpc) is 3.22. The molecule has 0 N–H and O–H groups in total. The number of carbonyl (C=O) groups is 1. The van der Waals surface area contributed by atoms with Crippen molar-refractivity contribution < 1.29 is 14.1 Å². The number of nitrogens with zero attached hydrogens (tertiary/aromatic N) is 4. The minimum Gasteiger partial charge on any atom is -0.411 e.